The van der Waals surface area contributed by atoms with E-state index in [9.17, 15) is 29.6 Å². The number of nitrogens with zero attached hydrogens (tertiary/aromatic N) is 6. The van der Waals surface area contributed by atoms with Crippen LogP contribution in [0, 0.1) is 56.5 Å². The molecule has 6 rings (SSSR count). The summed E-state index contributed by atoms with van der Waals surface area (Å²) in [5.41, 5.74) is 8.79. The van der Waals surface area contributed by atoms with Crippen LogP contribution in [0.1, 0.15) is 104 Å². The van der Waals surface area contributed by atoms with Gasteiger partial charge in [0, 0.05) is 36.4 Å². The minimum atomic E-state index is -1.03. The number of nitro benzene ring substituents is 1. The molecule has 4 aliphatic rings. The molecule has 18 nitrogen and oxygen atoms in total. The molecule has 3 N–H and O–H groups in total. The van der Waals surface area contributed by atoms with Crippen LogP contribution in [0.4, 0.5) is 11.4 Å². The number of hydrogen-bond donors (Lipinski definition) is 3. The Morgan fingerprint density at radius 3 is 2.47 bits per heavy atom. The normalized spacial score (nSPS) is 29.5. The third kappa shape index (κ3) is 10.1. The Balaban J connectivity index is 0.982. The number of anilines is 1. The van der Waals surface area contributed by atoms with Crippen molar-refractivity contribution in [3.8, 4) is 0 Å². The molecule has 4 fully saturated rings. The molecule has 1 amide bonds. The zero-order valence-corrected chi connectivity index (χ0v) is 34.5. The molecule has 4 unspecified atom stereocenters. The summed E-state index contributed by atoms with van der Waals surface area (Å²) in [4.78, 5) is 51.5. The molecule has 1 heterocycles. The molecule has 0 aliphatic heterocycles. The van der Waals surface area contributed by atoms with Crippen molar-refractivity contribution in [2.45, 2.75) is 116 Å². The molecule has 18 heteroatoms. The lowest BCUT2D eigenvalue weighted by Gasteiger charge is -2.61. The van der Waals surface area contributed by atoms with Gasteiger partial charge in [-0.05, 0) is 139 Å². The smallest absolute Gasteiger partial charge is 0.305 e. The first-order chi connectivity index (χ1) is 28.4. The van der Waals surface area contributed by atoms with Crippen LogP contribution in [0.5, 0.6) is 0 Å². The lowest BCUT2D eigenvalue weighted by Crippen LogP contribution is -2.56. The fourth-order valence-electron chi connectivity index (χ4n) is 11.8. The highest BCUT2D eigenvalue weighted by Crippen LogP contribution is 2.68. The fourth-order valence-corrected chi connectivity index (χ4v) is 11.8. The highest BCUT2D eigenvalue weighted by molar-refractivity contribution is 5.95. The number of carbonyl (C=O) groups excluding carboxylic acids is 2. The average molecular weight is 825 g/mol. The number of carbonyl (C=O) groups is 3. The van der Waals surface area contributed by atoms with E-state index in [1.807, 2.05) is 0 Å². The predicted molar refractivity (Wildman–Crippen MR) is 215 cm³/mol. The first-order valence-electron chi connectivity index (χ1n) is 21.4. The first kappa shape index (κ1) is 44.0. The van der Waals surface area contributed by atoms with Gasteiger partial charge in [-0.3, -0.25) is 24.5 Å². The number of nitro groups is 1. The van der Waals surface area contributed by atoms with Crippen molar-refractivity contribution in [2.75, 3.05) is 44.9 Å². The second-order valence-electron chi connectivity index (χ2n) is 17.8. The van der Waals surface area contributed by atoms with Gasteiger partial charge in [0.2, 0.25) is 11.4 Å². The van der Waals surface area contributed by atoms with Crippen molar-refractivity contribution >= 4 is 40.3 Å². The largest absolute Gasteiger partial charge is 0.481 e. The minimum absolute atomic E-state index is 0.0168. The number of benzene rings is 1. The van der Waals surface area contributed by atoms with Gasteiger partial charge in [-0.1, -0.05) is 25.9 Å². The molecular weight excluding hydrogens is 764 g/mol. The Kier molecular flexibility index (Phi) is 14.7. The average Bonchev–Trinajstić information content (AvgIpc) is 3.84. The molecule has 1 aromatic carbocycles. The number of non-ortho nitro benzene ring substituents is 1. The molecular formula is C41H60N8O10. The quantitative estimate of drug-likeness (QED) is 0.0214. The first-order valence-corrected chi connectivity index (χ1v) is 21.4. The number of carboxylic acids is 1. The van der Waals surface area contributed by atoms with Crippen LogP contribution in [0.3, 0.4) is 0 Å². The van der Waals surface area contributed by atoms with Gasteiger partial charge in [-0.25, -0.2) is 4.63 Å². The van der Waals surface area contributed by atoms with Crippen molar-refractivity contribution in [1.82, 2.24) is 15.6 Å². The topological polar surface area (TPSA) is 254 Å². The van der Waals surface area contributed by atoms with Crippen LogP contribution < -0.4 is 10.6 Å². The molecule has 10 atom stereocenters. The summed E-state index contributed by atoms with van der Waals surface area (Å²) in [5.74, 6) is 1.93. The van der Waals surface area contributed by atoms with E-state index in [1.54, 1.807) is 0 Å². The zero-order chi connectivity index (χ0) is 42.2. The molecule has 0 saturated heterocycles. The summed E-state index contributed by atoms with van der Waals surface area (Å²) in [7, 11) is 0. The third-order valence-electron chi connectivity index (χ3n) is 14.7. The second kappa shape index (κ2) is 19.7. The van der Waals surface area contributed by atoms with Gasteiger partial charge >= 0.3 is 17.6 Å². The van der Waals surface area contributed by atoms with Crippen LogP contribution in [-0.2, 0) is 28.6 Å². The number of hydrogen-bond acceptors (Lipinski definition) is 13. The molecule has 0 spiro atoms. The van der Waals surface area contributed by atoms with E-state index in [2.05, 4.69) is 51.7 Å². The van der Waals surface area contributed by atoms with E-state index in [0.717, 1.165) is 32.1 Å². The van der Waals surface area contributed by atoms with E-state index in [4.69, 9.17) is 24.4 Å². The third-order valence-corrected chi connectivity index (χ3v) is 14.7. The Bertz CT molecular complexity index is 1850. The SMILES string of the molecule is C[C@H](CCC(=O)OCCOCCOCCN=[N+]=[N-])C1CCC2C3CC[C@@H]4C[C@H](NC(=O)[C@H](CCC(=O)O)Nc5ccc([N+](=O)[O-])c6nonc56)CC[C@]4(C)C3CC[C@@]21C. The van der Waals surface area contributed by atoms with Gasteiger partial charge in [0.15, 0.2) is 5.52 Å². The number of aliphatic carboxylic acids is 1. The summed E-state index contributed by atoms with van der Waals surface area (Å²) < 4.78 is 21.0. The number of esters is 1. The lowest BCUT2D eigenvalue weighted by molar-refractivity contribution is -0.383. The summed E-state index contributed by atoms with van der Waals surface area (Å²) in [5, 5.41) is 38.2. The highest BCUT2D eigenvalue weighted by Gasteiger charge is 2.60. The maximum Gasteiger partial charge on any atom is 0.305 e. The summed E-state index contributed by atoms with van der Waals surface area (Å²) in [6, 6.07) is 1.76. The molecule has 4 aliphatic carbocycles. The number of nitrogens with one attached hydrogen (secondary N) is 2. The Labute approximate surface area is 344 Å². The maximum absolute atomic E-state index is 13.8. The summed E-state index contributed by atoms with van der Waals surface area (Å²) >= 11 is 0. The van der Waals surface area contributed by atoms with Gasteiger partial charge < -0.3 is 30.0 Å². The van der Waals surface area contributed by atoms with Crippen molar-refractivity contribution in [2.24, 2.45) is 51.5 Å². The van der Waals surface area contributed by atoms with Crippen molar-refractivity contribution in [1.29, 1.82) is 0 Å². The Morgan fingerprint density at radius 2 is 1.71 bits per heavy atom. The predicted octanol–water partition coefficient (Wildman–Crippen LogP) is 7.22. The number of ether oxygens (including phenoxy) is 3. The highest BCUT2D eigenvalue weighted by atomic mass is 16.6. The van der Waals surface area contributed by atoms with Crippen LogP contribution in [-0.4, -0.2) is 89.9 Å². The van der Waals surface area contributed by atoms with E-state index >= 15 is 0 Å². The molecule has 0 radical (unpaired) electrons. The van der Waals surface area contributed by atoms with Crippen LogP contribution in [0.15, 0.2) is 21.9 Å². The maximum atomic E-state index is 13.8. The van der Waals surface area contributed by atoms with Crippen LogP contribution >= 0.6 is 0 Å². The van der Waals surface area contributed by atoms with Gasteiger partial charge in [0.1, 0.15) is 12.6 Å². The standard InChI is InChI=1S/C41H60N8O10/c1-25(4-13-36(52)58-23-22-57-21-20-56-19-18-43-48-42)29-7-8-30-28-6-5-26-24-27(14-16-40(26,2)31(28)15-17-41(29,30)3)44-39(53)33(10-12-35(50)51)45-32-9-11-34(49(54)55)38-37(32)46-59-47-38/h9,11,25-31,33,45H,4-8,10,12-24H2,1-3H3,(H,44,53)(H,50,51)/t25-,26-,27-,28?,29?,30?,31?,33+,40+,41-/m1/s1. The van der Waals surface area contributed by atoms with Gasteiger partial charge in [0.25, 0.3) is 0 Å². The molecule has 4 saturated carbocycles. The molecule has 1 aromatic heterocycles. The fraction of sp³-hybridized carbons (Fsp3) is 0.780. The van der Waals surface area contributed by atoms with Crippen molar-refractivity contribution < 1.29 is 43.3 Å². The summed E-state index contributed by atoms with van der Waals surface area (Å²) in [6.45, 7) is 9.25. The molecule has 324 valence electrons. The number of rotatable bonds is 21. The molecule has 0 bridgehead atoms. The number of fused-ring (bicyclic) bond motifs is 6. The van der Waals surface area contributed by atoms with Gasteiger partial charge in [-0.2, -0.15) is 0 Å². The van der Waals surface area contributed by atoms with E-state index in [0.29, 0.717) is 74.0 Å². The van der Waals surface area contributed by atoms with Crippen molar-refractivity contribution in [3.05, 3.63) is 32.7 Å². The lowest BCUT2D eigenvalue weighted by atomic mass is 9.44. The van der Waals surface area contributed by atoms with Crippen LogP contribution in [0.2, 0.25) is 0 Å². The van der Waals surface area contributed by atoms with Gasteiger partial charge in [-0.15, -0.1) is 0 Å². The Morgan fingerprint density at radius 1 is 0.983 bits per heavy atom. The second-order valence-corrected chi connectivity index (χ2v) is 17.8. The molecule has 59 heavy (non-hydrogen) atoms. The van der Waals surface area contributed by atoms with E-state index in [1.165, 1.54) is 44.2 Å². The van der Waals surface area contributed by atoms with E-state index in [-0.39, 0.29) is 71.5 Å². The number of carboxylic acid groups (broad SMARTS) is 1. The molecule has 2 aromatic rings. The van der Waals surface area contributed by atoms with Crippen molar-refractivity contribution in [3.63, 3.8) is 0 Å². The van der Waals surface area contributed by atoms with Crippen LogP contribution in [0.25, 0.3) is 21.5 Å². The minimum Gasteiger partial charge on any atom is -0.481 e. The summed E-state index contributed by atoms with van der Waals surface area (Å²) in [6.07, 6.45) is 10.9. The van der Waals surface area contributed by atoms with Gasteiger partial charge in [0.05, 0.1) is 37.0 Å². The Hall–Kier alpha value is -4.54. The number of amides is 1. The van der Waals surface area contributed by atoms with E-state index < -0.39 is 16.9 Å². The number of azide groups is 1. The number of aromatic nitrogens is 2. The zero-order valence-electron chi connectivity index (χ0n) is 34.5. The monoisotopic (exact) mass is 824 g/mol.